The zero-order chi connectivity index (χ0) is 22.4. The lowest BCUT2D eigenvalue weighted by Gasteiger charge is -2.10. The van der Waals surface area contributed by atoms with E-state index in [1.165, 1.54) is 0 Å². The van der Waals surface area contributed by atoms with Gasteiger partial charge in [0.1, 0.15) is 0 Å². The van der Waals surface area contributed by atoms with Gasteiger partial charge in [0.25, 0.3) is 0 Å². The first-order valence-electron chi connectivity index (χ1n) is 10.5. The Hall–Kier alpha value is -2.71. The molecule has 3 N–H and O–H groups in total. The molecule has 7 nitrogen and oxygen atoms in total. The van der Waals surface area contributed by atoms with Crippen LogP contribution in [0.15, 0.2) is 53.4 Å². The Morgan fingerprint density at radius 1 is 1.00 bits per heavy atom. The van der Waals surface area contributed by atoms with Gasteiger partial charge < -0.3 is 10.6 Å². The molecule has 166 valence electrons. The second kappa shape index (κ2) is 10.1. The van der Waals surface area contributed by atoms with Gasteiger partial charge >= 0.3 is 0 Å². The van der Waals surface area contributed by atoms with Gasteiger partial charge in [0.15, 0.2) is 0 Å². The van der Waals surface area contributed by atoms with E-state index in [9.17, 15) is 18.0 Å². The minimum absolute atomic E-state index is 0.0201. The van der Waals surface area contributed by atoms with Crippen LogP contribution >= 0.6 is 0 Å². The summed E-state index contributed by atoms with van der Waals surface area (Å²) < 4.78 is 27.2. The molecule has 0 unspecified atom stereocenters. The predicted molar refractivity (Wildman–Crippen MR) is 120 cm³/mol. The minimum Gasteiger partial charge on any atom is -0.352 e. The molecule has 31 heavy (non-hydrogen) atoms. The number of carbonyl (C=O) groups is 2. The third-order valence-electron chi connectivity index (χ3n) is 5.16. The first-order valence-corrected chi connectivity index (χ1v) is 12.0. The van der Waals surface area contributed by atoms with E-state index in [1.807, 2.05) is 26.0 Å². The van der Waals surface area contributed by atoms with Crippen LogP contribution < -0.4 is 15.4 Å². The normalized spacial score (nSPS) is 13.8. The van der Waals surface area contributed by atoms with E-state index in [0.717, 1.165) is 29.7 Å². The molecular weight excluding hydrogens is 414 g/mol. The summed E-state index contributed by atoms with van der Waals surface area (Å²) in [5, 5.41) is 5.64. The summed E-state index contributed by atoms with van der Waals surface area (Å²) in [6, 6.07) is 14.0. The monoisotopic (exact) mass is 443 g/mol. The van der Waals surface area contributed by atoms with Crippen LogP contribution in [0.3, 0.4) is 0 Å². The molecule has 3 rings (SSSR count). The molecule has 1 aliphatic rings. The van der Waals surface area contributed by atoms with Crippen molar-refractivity contribution in [2.24, 2.45) is 5.92 Å². The van der Waals surface area contributed by atoms with Crippen molar-refractivity contribution in [2.45, 2.75) is 50.5 Å². The molecule has 0 radical (unpaired) electrons. The van der Waals surface area contributed by atoms with E-state index >= 15 is 0 Å². The maximum Gasteiger partial charge on any atom is 0.240 e. The summed E-state index contributed by atoms with van der Waals surface area (Å²) in [7, 11) is -3.65. The van der Waals surface area contributed by atoms with Crippen molar-refractivity contribution in [1.82, 2.24) is 10.0 Å². The van der Waals surface area contributed by atoms with Gasteiger partial charge in [-0.25, -0.2) is 13.1 Å². The van der Waals surface area contributed by atoms with Crippen LogP contribution in [0.2, 0.25) is 0 Å². The Morgan fingerprint density at radius 2 is 1.65 bits per heavy atom. The number of nitrogens with one attached hydrogen (secondary N) is 3. The maximum absolute atomic E-state index is 12.4. The largest absolute Gasteiger partial charge is 0.352 e. The van der Waals surface area contributed by atoms with Crippen molar-refractivity contribution in [3.05, 3.63) is 59.7 Å². The van der Waals surface area contributed by atoms with Gasteiger partial charge in [0.05, 0.1) is 4.90 Å². The number of carbonyl (C=O) groups excluding carboxylic acids is 2. The molecule has 2 aromatic rings. The predicted octanol–water partition coefficient (Wildman–Crippen LogP) is 3.14. The molecule has 0 atom stereocenters. The third-order valence-corrected chi connectivity index (χ3v) is 6.64. The van der Waals surface area contributed by atoms with Gasteiger partial charge in [-0.05, 0) is 54.2 Å². The third kappa shape index (κ3) is 6.90. The summed E-state index contributed by atoms with van der Waals surface area (Å²) in [6.45, 7) is 4.44. The minimum atomic E-state index is -3.65. The zero-order valence-electron chi connectivity index (χ0n) is 17.9. The van der Waals surface area contributed by atoms with E-state index < -0.39 is 10.0 Å². The summed E-state index contributed by atoms with van der Waals surface area (Å²) in [4.78, 5) is 24.0. The average Bonchev–Trinajstić information content (AvgIpc) is 3.59. The summed E-state index contributed by atoms with van der Waals surface area (Å²) in [6.07, 6.45) is 1.95. The van der Waals surface area contributed by atoms with Gasteiger partial charge in [0, 0.05) is 31.1 Å². The van der Waals surface area contributed by atoms with Crippen LogP contribution in [-0.2, 0) is 26.2 Å². The number of anilines is 1. The van der Waals surface area contributed by atoms with Crippen LogP contribution in [0, 0.1) is 5.92 Å². The molecule has 1 fully saturated rings. The lowest BCUT2D eigenvalue weighted by Crippen LogP contribution is -2.30. The van der Waals surface area contributed by atoms with Crippen molar-refractivity contribution in [2.75, 3.05) is 11.9 Å². The molecule has 1 saturated carbocycles. The van der Waals surface area contributed by atoms with E-state index in [4.69, 9.17) is 0 Å². The maximum atomic E-state index is 12.4. The Balaban J connectivity index is 1.40. The van der Waals surface area contributed by atoms with Crippen molar-refractivity contribution >= 4 is 27.5 Å². The van der Waals surface area contributed by atoms with Gasteiger partial charge in [-0.1, -0.05) is 38.1 Å². The lowest BCUT2D eigenvalue weighted by atomic mass is 10.0. The lowest BCUT2D eigenvalue weighted by molar-refractivity contribution is -0.121. The van der Waals surface area contributed by atoms with Crippen LogP contribution in [0.4, 0.5) is 5.69 Å². The van der Waals surface area contributed by atoms with Crippen LogP contribution in [0.25, 0.3) is 0 Å². The molecule has 0 saturated heterocycles. The highest BCUT2D eigenvalue weighted by Crippen LogP contribution is 2.30. The topological polar surface area (TPSA) is 104 Å². The van der Waals surface area contributed by atoms with Crippen LogP contribution in [0.1, 0.15) is 50.2 Å². The van der Waals surface area contributed by atoms with Gasteiger partial charge in [-0.3, -0.25) is 9.59 Å². The number of hydrogen-bond donors (Lipinski definition) is 3. The van der Waals surface area contributed by atoms with E-state index in [1.54, 1.807) is 36.4 Å². The zero-order valence-corrected chi connectivity index (χ0v) is 18.7. The Labute approximate surface area is 183 Å². The fourth-order valence-electron chi connectivity index (χ4n) is 3.00. The molecule has 1 aliphatic carbocycles. The molecular formula is C23H29N3O4S. The highest BCUT2D eigenvalue weighted by atomic mass is 32.2. The molecule has 0 heterocycles. The SMILES string of the molecule is CC(C)c1ccc(S(=O)(=O)NCCC(=O)NCc2ccc(NC(=O)C3CC3)cc2)cc1. The Kier molecular flexibility index (Phi) is 7.46. The van der Waals surface area contributed by atoms with E-state index in [-0.39, 0.29) is 35.6 Å². The van der Waals surface area contributed by atoms with Gasteiger partial charge in [-0.2, -0.15) is 0 Å². The quantitative estimate of drug-likeness (QED) is 0.525. The molecule has 0 bridgehead atoms. The second-order valence-corrected chi connectivity index (χ2v) is 9.88. The van der Waals surface area contributed by atoms with Crippen molar-refractivity contribution in [3.63, 3.8) is 0 Å². The molecule has 2 amide bonds. The highest BCUT2D eigenvalue weighted by molar-refractivity contribution is 7.89. The average molecular weight is 444 g/mol. The van der Waals surface area contributed by atoms with Gasteiger partial charge in [0.2, 0.25) is 21.8 Å². The van der Waals surface area contributed by atoms with Gasteiger partial charge in [-0.15, -0.1) is 0 Å². The number of amides is 2. The van der Waals surface area contributed by atoms with Crippen molar-refractivity contribution < 1.29 is 18.0 Å². The molecule has 8 heteroatoms. The standard InChI is InChI=1S/C23H29N3O4S/c1-16(2)18-7-11-21(12-8-18)31(29,30)25-14-13-22(27)24-15-17-3-9-20(10-4-17)26-23(28)19-5-6-19/h3-4,7-12,16,19,25H,5-6,13-15H2,1-2H3,(H,24,27)(H,26,28). The Morgan fingerprint density at radius 3 is 2.23 bits per heavy atom. The van der Waals surface area contributed by atoms with Crippen molar-refractivity contribution in [1.29, 1.82) is 0 Å². The number of benzene rings is 2. The van der Waals surface area contributed by atoms with E-state index in [0.29, 0.717) is 12.5 Å². The number of sulfonamides is 1. The van der Waals surface area contributed by atoms with Crippen LogP contribution in [-0.4, -0.2) is 26.8 Å². The second-order valence-electron chi connectivity index (χ2n) is 8.11. The fraction of sp³-hybridized carbons (Fsp3) is 0.391. The number of rotatable bonds is 10. The molecule has 2 aromatic carbocycles. The van der Waals surface area contributed by atoms with Crippen LogP contribution in [0.5, 0.6) is 0 Å². The highest BCUT2D eigenvalue weighted by Gasteiger charge is 2.29. The summed E-state index contributed by atoms with van der Waals surface area (Å²) in [5.41, 5.74) is 2.70. The smallest absolute Gasteiger partial charge is 0.240 e. The molecule has 0 aromatic heterocycles. The first kappa shape index (κ1) is 23.0. The summed E-state index contributed by atoms with van der Waals surface area (Å²) in [5.74, 6) is 0.283. The first-order chi connectivity index (χ1) is 14.7. The molecule has 0 spiro atoms. The fourth-order valence-corrected chi connectivity index (χ4v) is 4.03. The Bertz CT molecular complexity index is 1010. The number of hydrogen-bond acceptors (Lipinski definition) is 4. The molecule has 0 aliphatic heterocycles. The summed E-state index contributed by atoms with van der Waals surface area (Å²) >= 11 is 0. The van der Waals surface area contributed by atoms with Crippen molar-refractivity contribution in [3.8, 4) is 0 Å². The van der Waals surface area contributed by atoms with E-state index in [2.05, 4.69) is 15.4 Å².